The minimum absolute atomic E-state index is 0.285. The summed E-state index contributed by atoms with van der Waals surface area (Å²) in [6.07, 6.45) is -0.719. The monoisotopic (exact) mass is 378 g/mol. The van der Waals surface area contributed by atoms with E-state index >= 15 is 0 Å². The maximum Gasteiger partial charge on any atom is 0.123 e. The molecule has 0 aliphatic heterocycles. The molecule has 5 heteroatoms. The summed E-state index contributed by atoms with van der Waals surface area (Å²) in [5, 5.41) is 10.2. The Kier molecular flexibility index (Phi) is 4.02. The summed E-state index contributed by atoms with van der Waals surface area (Å²) in [6, 6.07) is 6.28. The van der Waals surface area contributed by atoms with E-state index in [0.29, 0.717) is 0 Å². The number of benzene rings is 1. The molecule has 0 aliphatic rings. The molecule has 0 saturated carbocycles. The fourth-order valence-corrected chi connectivity index (χ4v) is 3.69. The van der Waals surface area contributed by atoms with Gasteiger partial charge in [0.2, 0.25) is 0 Å². The van der Waals surface area contributed by atoms with E-state index in [1.165, 1.54) is 23.5 Å². The van der Waals surface area contributed by atoms with E-state index in [1.54, 1.807) is 13.0 Å². The van der Waals surface area contributed by atoms with E-state index in [0.717, 1.165) is 24.3 Å². The Balaban J connectivity index is 2.39. The van der Waals surface area contributed by atoms with E-state index in [1.807, 2.05) is 6.07 Å². The first-order chi connectivity index (χ1) is 7.99. The SMILES string of the molecule is Cc1cc(F)ccc1C(O)c1cc(Br)c(Br)s1. The van der Waals surface area contributed by atoms with Crippen LogP contribution in [-0.4, -0.2) is 5.11 Å². The van der Waals surface area contributed by atoms with E-state index in [9.17, 15) is 9.50 Å². The molecule has 1 atom stereocenters. The van der Waals surface area contributed by atoms with Crippen LogP contribution in [0.3, 0.4) is 0 Å². The van der Waals surface area contributed by atoms with Gasteiger partial charge >= 0.3 is 0 Å². The first-order valence-electron chi connectivity index (χ1n) is 4.88. The molecule has 0 saturated heterocycles. The quantitative estimate of drug-likeness (QED) is 0.794. The van der Waals surface area contributed by atoms with Gasteiger partial charge in [0.05, 0.1) is 3.79 Å². The molecule has 17 heavy (non-hydrogen) atoms. The zero-order chi connectivity index (χ0) is 12.6. The normalized spacial score (nSPS) is 12.8. The smallest absolute Gasteiger partial charge is 0.123 e. The maximum absolute atomic E-state index is 13.0. The van der Waals surface area contributed by atoms with Gasteiger partial charge in [-0.15, -0.1) is 11.3 Å². The zero-order valence-electron chi connectivity index (χ0n) is 8.88. The number of aryl methyl sites for hydroxylation is 1. The third kappa shape index (κ3) is 2.78. The number of hydrogen-bond donors (Lipinski definition) is 1. The van der Waals surface area contributed by atoms with Gasteiger partial charge in [0.15, 0.2) is 0 Å². The van der Waals surface area contributed by atoms with Crippen molar-refractivity contribution in [1.29, 1.82) is 0 Å². The van der Waals surface area contributed by atoms with Crippen molar-refractivity contribution < 1.29 is 9.50 Å². The highest BCUT2D eigenvalue weighted by Crippen LogP contribution is 2.38. The van der Waals surface area contributed by atoms with Crippen LogP contribution >= 0.6 is 43.2 Å². The van der Waals surface area contributed by atoms with Crippen LogP contribution in [0.5, 0.6) is 0 Å². The van der Waals surface area contributed by atoms with Crippen molar-refractivity contribution in [3.05, 3.63) is 54.3 Å². The van der Waals surface area contributed by atoms with Crippen molar-refractivity contribution in [2.24, 2.45) is 0 Å². The number of hydrogen-bond acceptors (Lipinski definition) is 2. The van der Waals surface area contributed by atoms with Gasteiger partial charge in [0, 0.05) is 9.35 Å². The van der Waals surface area contributed by atoms with Crippen LogP contribution in [-0.2, 0) is 0 Å². The van der Waals surface area contributed by atoms with E-state index in [2.05, 4.69) is 31.9 Å². The van der Waals surface area contributed by atoms with Crippen molar-refractivity contribution in [2.75, 3.05) is 0 Å². The summed E-state index contributed by atoms with van der Waals surface area (Å²) >= 11 is 8.22. The molecule has 1 aromatic heterocycles. The highest BCUT2D eigenvalue weighted by atomic mass is 79.9. The molecule has 1 unspecified atom stereocenters. The summed E-state index contributed by atoms with van der Waals surface area (Å²) in [7, 11) is 0. The topological polar surface area (TPSA) is 20.2 Å². The summed E-state index contributed by atoms with van der Waals surface area (Å²) < 4.78 is 14.8. The average Bonchev–Trinajstić information content (AvgIpc) is 2.58. The predicted octanol–water partition coefficient (Wildman–Crippen LogP) is 4.80. The molecule has 90 valence electrons. The Bertz CT molecular complexity index is 534. The van der Waals surface area contributed by atoms with E-state index in [4.69, 9.17) is 0 Å². The highest BCUT2D eigenvalue weighted by molar-refractivity contribution is 9.13. The summed E-state index contributed by atoms with van der Waals surface area (Å²) in [5.74, 6) is -0.285. The fraction of sp³-hybridized carbons (Fsp3) is 0.167. The van der Waals surface area contributed by atoms with Crippen LogP contribution < -0.4 is 0 Å². The molecule has 1 N–H and O–H groups in total. The Labute approximate surface area is 120 Å². The molecule has 2 rings (SSSR count). The minimum atomic E-state index is -0.719. The van der Waals surface area contributed by atoms with Crippen LogP contribution in [0, 0.1) is 12.7 Å². The Morgan fingerprint density at radius 2 is 2.00 bits per heavy atom. The zero-order valence-corrected chi connectivity index (χ0v) is 12.9. The third-order valence-electron chi connectivity index (χ3n) is 2.46. The lowest BCUT2D eigenvalue weighted by molar-refractivity contribution is 0.223. The predicted molar refractivity (Wildman–Crippen MR) is 74.9 cm³/mol. The first kappa shape index (κ1) is 13.2. The standard InChI is InChI=1S/C12H9Br2FOS/c1-6-4-7(15)2-3-8(6)11(16)10-5-9(13)12(14)17-10/h2-5,11,16H,1H3. The fourth-order valence-electron chi connectivity index (χ4n) is 1.60. The highest BCUT2D eigenvalue weighted by Gasteiger charge is 2.17. The number of rotatable bonds is 2. The lowest BCUT2D eigenvalue weighted by Crippen LogP contribution is -2.00. The minimum Gasteiger partial charge on any atom is -0.383 e. The van der Waals surface area contributed by atoms with Gasteiger partial charge in [0.25, 0.3) is 0 Å². The van der Waals surface area contributed by atoms with Gasteiger partial charge in [-0.05, 0) is 68.1 Å². The van der Waals surface area contributed by atoms with Crippen LogP contribution in [0.4, 0.5) is 4.39 Å². The Morgan fingerprint density at radius 1 is 1.29 bits per heavy atom. The molecule has 0 fully saturated rings. The van der Waals surface area contributed by atoms with Crippen molar-refractivity contribution >= 4 is 43.2 Å². The summed E-state index contributed by atoms with van der Waals surface area (Å²) in [6.45, 7) is 1.79. The average molecular weight is 380 g/mol. The molecule has 0 amide bonds. The number of aliphatic hydroxyl groups excluding tert-OH is 1. The van der Waals surface area contributed by atoms with Crippen molar-refractivity contribution in [2.45, 2.75) is 13.0 Å². The largest absolute Gasteiger partial charge is 0.383 e. The first-order valence-corrected chi connectivity index (χ1v) is 7.28. The van der Waals surface area contributed by atoms with Gasteiger partial charge < -0.3 is 5.11 Å². The lowest BCUT2D eigenvalue weighted by atomic mass is 10.0. The van der Waals surface area contributed by atoms with Gasteiger partial charge in [0.1, 0.15) is 11.9 Å². The van der Waals surface area contributed by atoms with Crippen molar-refractivity contribution in [3.8, 4) is 0 Å². The Hall–Kier alpha value is -0.230. The van der Waals surface area contributed by atoms with Crippen LogP contribution in [0.25, 0.3) is 0 Å². The van der Waals surface area contributed by atoms with Gasteiger partial charge in [-0.25, -0.2) is 4.39 Å². The Morgan fingerprint density at radius 3 is 2.53 bits per heavy atom. The van der Waals surface area contributed by atoms with Gasteiger partial charge in [-0.1, -0.05) is 6.07 Å². The second-order valence-corrected chi connectivity index (χ2v) is 6.93. The van der Waals surface area contributed by atoms with E-state index < -0.39 is 6.10 Å². The van der Waals surface area contributed by atoms with Crippen LogP contribution in [0.15, 0.2) is 32.5 Å². The van der Waals surface area contributed by atoms with Crippen LogP contribution in [0.1, 0.15) is 22.1 Å². The molecular weight excluding hydrogens is 371 g/mol. The third-order valence-corrected chi connectivity index (χ3v) is 5.77. The van der Waals surface area contributed by atoms with E-state index in [-0.39, 0.29) is 5.82 Å². The van der Waals surface area contributed by atoms with Crippen molar-refractivity contribution in [3.63, 3.8) is 0 Å². The molecule has 0 bridgehead atoms. The second kappa shape index (κ2) is 5.18. The molecule has 0 aliphatic carbocycles. The molecule has 1 aromatic carbocycles. The number of aliphatic hydroxyl groups is 1. The lowest BCUT2D eigenvalue weighted by Gasteiger charge is -2.11. The number of thiophene rings is 1. The second-order valence-electron chi connectivity index (χ2n) is 3.67. The summed E-state index contributed by atoms with van der Waals surface area (Å²) in [4.78, 5) is 0.818. The van der Waals surface area contributed by atoms with Gasteiger partial charge in [-0.2, -0.15) is 0 Å². The molecule has 1 heterocycles. The number of halogens is 3. The molecule has 2 aromatic rings. The molecule has 0 spiro atoms. The maximum atomic E-state index is 13.0. The molecular formula is C12H9Br2FOS. The van der Waals surface area contributed by atoms with Crippen LogP contribution in [0.2, 0.25) is 0 Å². The molecule has 0 radical (unpaired) electrons. The van der Waals surface area contributed by atoms with Crippen molar-refractivity contribution in [1.82, 2.24) is 0 Å². The molecule has 1 nitrogen and oxygen atoms in total. The summed E-state index contributed by atoms with van der Waals surface area (Å²) in [5.41, 5.74) is 1.48. The van der Waals surface area contributed by atoms with Gasteiger partial charge in [-0.3, -0.25) is 0 Å².